The number of aliphatic hydroxyl groups excluding tert-OH is 1. The number of piperidine rings is 1. The molecule has 1 unspecified atom stereocenters. The first kappa shape index (κ1) is 15.7. The maximum Gasteiger partial charge on any atom is 0.225 e. The van der Waals surface area contributed by atoms with Crippen LogP contribution in [0, 0.1) is 5.92 Å². The Morgan fingerprint density at radius 3 is 2.96 bits per heavy atom. The molecule has 3 aromatic heterocycles. The molecule has 1 fully saturated rings. The maximum absolute atomic E-state index is 9.46. The molecule has 0 spiro atoms. The lowest BCUT2D eigenvalue weighted by Gasteiger charge is -2.32. The fourth-order valence-electron chi connectivity index (χ4n) is 3.04. The molecule has 0 bridgehead atoms. The Kier molecular flexibility index (Phi) is 4.55. The summed E-state index contributed by atoms with van der Waals surface area (Å²) >= 11 is 3.28. The summed E-state index contributed by atoms with van der Waals surface area (Å²) in [5, 5.41) is 14.4. The van der Waals surface area contributed by atoms with E-state index in [4.69, 9.17) is 4.98 Å². The zero-order chi connectivity index (χ0) is 16.4. The van der Waals surface area contributed by atoms with Gasteiger partial charge in [-0.15, -0.1) is 22.7 Å². The molecule has 3 aromatic rings. The van der Waals surface area contributed by atoms with Crippen LogP contribution in [0.1, 0.15) is 12.8 Å². The molecule has 0 saturated carbocycles. The first-order chi connectivity index (χ1) is 11.8. The van der Waals surface area contributed by atoms with Crippen LogP contribution in [0.2, 0.25) is 0 Å². The van der Waals surface area contributed by atoms with Crippen LogP contribution in [0.15, 0.2) is 35.3 Å². The third-order valence-corrected chi connectivity index (χ3v) is 5.94. The SMILES string of the molecule is OCC1CCCN(c2ncc(-c3cccs3)c(-c3nccs3)n2)C1. The normalized spacial score (nSPS) is 18.0. The van der Waals surface area contributed by atoms with Crippen LogP contribution >= 0.6 is 22.7 Å². The second-order valence-electron chi connectivity index (χ2n) is 5.88. The summed E-state index contributed by atoms with van der Waals surface area (Å²) in [6.07, 6.45) is 5.85. The van der Waals surface area contributed by atoms with E-state index in [1.165, 1.54) is 0 Å². The molecule has 7 heteroatoms. The van der Waals surface area contributed by atoms with Gasteiger partial charge in [0.25, 0.3) is 0 Å². The highest BCUT2D eigenvalue weighted by molar-refractivity contribution is 7.14. The molecule has 5 nitrogen and oxygen atoms in total. The summed E-state index contributed by atoms with van der Waals surface area (Å²) < 4.78 is 0. The second-order valence-corrected chi connectivity index (χ2v) is 7.73. The Balaban J connectivity index is 1.74. The maximum atomic E-state index is 9.46. The van der Waals surface area contributed by atoms with E-state index < -0.39 is 0 Å². The minimum atomic E-state index is 0.225. The fraction of sp³-hybridized carbons (Fsp3) is 0.353. The topological polar surface area (TPSA) is 62.1 Å². The largest absolute Gasteiger partial charge is 0.396 e. The van der Waals surface area contributed by atoms with E-state index in [1.54, 1.807) is 22.7 Å². The van der Waals surface area contributed by atoms with Crippen molar-refractivity contribution in [2.24, 2.45) is 5.92 Å². The minimum absolute atomic E-state index is 0.225. The molecule has 1 saturated heterocycles. The van der Waals surface area contributed by atoms with Gasteiger partial charge in [-0.1, -0.05) is 6.07 Å². The monoisotopic (exact) mass is 358 g/mol. The van der Waals surface area contributed by atoms with Gasteiger partial charge in [-0.25, -0.2) is 15.0 Å². The van der Waals surface area contributed by atoms with Crippen molar-refractivity contribution >= 4 is 28.6 Å². The smallest absolute Gasteiger partial charge is 0.225 e. The summed E-state index contributed by atoms with van der Waals surface area (Å²) in [6, 6.07) is 4.12. The Morgan fingerprint density at radius 1 is 1.25 bits per heavy atom. The molecule has 4 rings (SSSR count). The van der Waals surface area contributed by atoms with Gasteiger partial charge in [0.05, 0.1) is 0 Å². The molecular formula is C17H18N4OS2. The van der Waals surface area contributed by atoms with Crippen molar-refractivity contribution in [1.82, 2.24) is 15.0 Å². The second kappa shape index (κ2) is 6.96. The van der Waals surface area contributed by atoms with E-state index in [9.17, 15) is 5.11 Å². The lowest BCUT2D eigenvalue weighted by atomic mass is 9.99. The molecule has 4 heterocycles. The molecule has 1 aliphatic heterocycles. The van der Waals surface area contributed by atoms with Gasteiger partial charge >= 0.3 is 0 Å². The van der Waals surface area contributed by atoms with Gasteiger partial charge in [-0.05, 0) is 30.2 Å². The zero-order valence-corrected chi connectivity index (χ0v) is 14.8. The Morgan fingerprint density at radius 2 is 2.21 bits per heavy atom. The van der Waals surface area contributed by atoms with Crippen molar-refractivity contribution in [3.63, 3.8) is 0 Å². The number of thiazole rings is 1. The Labute approximate surface area is 148 Å². The average Bonchev–Trinajstić information content (AvgIpc) is 3.35. The standard InChI is InChI=1S/C17H18N4OS2/c22-11-12-3-1-6-21(10-12)17-19-9-13(14-4-2-7-23-14)15(20-17)16-18-5-8-24-16/h2,4-5,7-9,12,22H,1,3,6,10-11H2. The molecule has 1 atom stereocenters. The predicted molar refractivity (Wildman–Crippen MR) is 98.5 cm³/mol. The molecule has 124 valence electrons. The van der Waals surface area contributed by atoms with Gasteiger partial charge in [-0.2, -0.15) is 0 Å². The molecule has 0 amide bonds. The van der Waals surface area contributed by atoms with Gasteiger partial charge in [0.15, 0.2) is 0 Å². The summed E-state index contributed by atoms with van der Waals surface area (Å²) in [7, 11) is 0. The molecule has 24 heavy (non-hydrogen) atoms. The highest BCUT2D eigenvalue weighted by atomic mass is 32.1. The lowest BCUT2D eigenvalue weighted by molar-refractivity contribution is 0.208. The van der Waals surface area contributed by atoms with Crippen LogP contribution in [0.4, 0.5) is 5.95 Å². The number of nitrogens with zero attached hydrogens (tertiary/aromatic N) is 4. The van der Waals surface area contributed by atoms with Crippen molar-refractivity contribution in [3.05, 3.63) is 35.3 Å². The molecule has 1 aliphatic rings. The van der Waals surface area contributed by atoms with Crippen LogP contribution < -0.4 is 4.90 Å². The van der Waals surface area contributed by atoms with Crippen molar-refractivity contribution in [2.45, 2.75) is 12.8 Å². The number of thiophene rings is 1. The van der Waals surface area contributed by atoms with Gasteiger partial charge in [0.1, 0.15) is 10.7 Å². The van der Waals surface area contributed by atoms with Crippen molar-refractivity contribution in [2.75, 3.05) is 24.6 Å². The van der Waals surface area contributed by atoms with Crippen LogP contribution in [-0.2, 0) is 0 Å². The number of anilines is 1. The highest BCUT2D eigenvalue weighted by Crippen LogP contribution is 2.35. The van der Waals surface area contributed by atoms with Gasteiger partial charge in [-0.3, -0.25) is 0 Å². The van der Waals surface area contributed by atoms with E-state index in [0.717, 1.165) is 53.0 Å². The van der Waals surface area contributed by atoms with Crippen LogP contribution in [0.25, 0.3) is 21.1 Å². The molecule has 0 radical (unpaired) electrons. The Bertz CT molecular complexity index is 789. The molecular weight excluding hydrogens is 340 g/mol. The Hall–Kier alpha value is -1.83. The van der Waals surface area contributed by atoms with Gasteiger partial charge < -0.3 is 10.0 Å². The quantitative estimate of drug-likeness (QED) is 0.773. The fourth-order valence-corrected chi connectivity index (χ4v) is 4.41. The van der Waals surface area contributed by atoms with Gasteiger partial charge in [0, 0.05) is 47.9 Å². The number of hydrogen-bond acceptors (Lipinski definition) is 7. The third-order valence-electron chi connectivity index (χ3n) is 4.26. The number of aliphatic hydroxyl groups is 1. The first-order valence-electron chi connectivity index (χ1n) is 8.01. The lowest BCUT2D eigenvalue weighted by Crippen LogP contribution is -2.37. The summed E-state index contributed by atoms with van der Waals surface area (Å²) in [5.74, 6) is 1.04. The van der Waals surface area contributed by atoms with E-state index in [0.29, 0.717) is 5.92 Å². The molecule has 0 aliphatic carbocycles. The molecule has 0 aromatic carbocycles. The number of hydrogen-bond donors (Lipinski definition) is 1. The van der Waals surface area contributed by atoms with E-state index in [2.05, 4.69) is 26.3 Å². The van der Waals surface area contributed by atoms with Crippen molar-refractivity contribution < 1.29 is 5.11 Å². The van der Waals surface area contributed by atoms with Crippen molar-refractivity contribution in [3.8, 4) is 21.1 Å². The molecule has 1 N–H and O–H groups in total. The van der Waals surface area contributed by atoms with E-state index >= 15 is 0 Å². The number of rotatable bonds is 4. The summed E-state index contributed by atoms with van der Waals surface area (Å²) in [4.78, 5) is 17.2. The third kappa shape index (κ3) is 3.07. The van der Waals surface area contributed by atoms with E-state index in [-0.39, 0.29) is 6.61 Å². The first-order valence-corrected chi connectivity index (χ1v) is 9.77. The predicted octanol–water partition coefficient (Wildman–Crippen LogP) is 3.54. The van der Waals surface area contributed by atoms with E-state index in [1.807, 2.05) is 23.8 Å². The zero-order valence-electron chi connectivity index (χ0n) is 13.1. The van der Waals surface area contributed by atoms with Crippen LogP contribution in [0.3, 0.4) is 0 Å². The van der Waals surface area contributed by atoms with Crippen LogP contribution in [-0.4, -0.2) is 39.8 Å². The van der Waals surface area contributed by atoms with Crippen molar-refractivity contribution in [1.29, 1.82) is 0 Å². The van der Waals surface area contributed by atoms with Crippen LogP contribution in [0.5, 0.6) is 0 Å². The summed E-state index contributed by atoms with van der Waals surface area (Å²) in [6.45, 7) is 1.97. The number of aromatic nitrogens is 3. The summed E-state index contributed by atoms with van der Waals surface area (Å²) in [5.41, 5.74) is 1.92. The highest BCUT2D eigenvalue weighted by Gasteiger charge is 2.23. The average molecular weight is 358 g/mol. The van der Waals surface area contributed by atoms with Gasteiger partial charge in [0.2, 0.25) is 5.95 Å². The minimum Gasteiger partial charge on any atom is -0.396 e.